The lowest BCUT2D eigenvalue weighted by molar-refractivity contribution is 0.312. The summed E-state index contributed by atoms with van der Waals surface area (Å²) < 4.78 is 21.7. The number of piperazine rings is 1. The lowest BCUT2D eigenvalue weighted by Crippen LogP contribution is -2.45. The molecule has 1 aromatic carbocycles. The minimum Gasteiger partial charge on any atom is -0.367 e. The number of hydrogen-bond donors (Lipinski definition) is 1. The Morgan fingerprint density at radius 1 is 1.33 bits per heavy atom. The third-order valence-corrected chi connectivity index (χ3v) is 4.86. The molecule has 4 nitrogen and oxygen atoms in total. The van der Waals surface area contributed by atoms with Crippen molar-refractivity contribution in [3.63, 3.8) is 0 Å². The van der Waals surface area contributed by atoms with Gasteiger partial charge in [-0.15, -0.1) is 0 Å². The van der Waals surface area contributed by atoms with Gasteiger partial charge < -0.3 is 14.4 Å². The van der Waals surface area contributed by atoms with Gasteiger partial charge in [0.15, 0.2) is 11.1 Å². The molecular formula is C11H14BrClN2O2S. The van der Waals surface area contributed by atoms with Crippen molar-refractivity contribution in [3.8, 4) is 0 Å². The van der Waals surface area contributed by atoms with E-state index < -0.39 is 11.1 Å². The fourth-order valence-electron chi connectivity index (χ4n) is 2.01. The predicted octanol–water partition coefficient (Wildman–Crippen LogP) is 2.43. The summed E-state index contributed by atoms with van der Waals surface area (Å²) >= 11 is 7.38. The van der Waals surface area contributed by atoms with Gasteiger partial charge in [-0.05, 0) is 35.1 Å². The van der Waals surface area contributed by atoms with E-state index in [0.717, 1.165) is 36.3 Å². The van der Waals surface area contributed by atoms with Crippen LogP contribution in [0.15, 0.2) is 21.5 Å². The molecule has 0 aromatic heterocycles. The van der Waals surface area contributed by atoms with E-state index in [0.29, 0.717) is 5.02 Å². The molecular weight excluding hydrogens is 340 g/mol. The van der Waals surface area contributed by atoms with Crippen LogP contribution in [0.3, 0.4) is 0 Å². The van der Waals surface area contributed by atoms with E-state index in [1.807, 2.05) is 6.07 Å². The molecule has 1 atom stereocenters. The van der Waals surface area contributed by atoms with E-state index in [1.54, 1.807) is 6.07 Å². The van der Waals surface area contributed by atoms with Crippen LogP contribution in [0.2, 0.25) is 5.02 Å². The summed E-state index contributed by atoms with van der Waals surface area (Å²) in [5, 5.41) is 0.327. The fraction of sp³-hybridized carbons (Fsp3) is 0.455. The quantitative estimate of drug-likeness (QED) is 0.830. The molecule has 1 aromatic rings. The zero-order chi connectivity index (χ0) is 13.3. The Kier molecular flexibility index (Phi) is 4.66. The van der Waals surface area contributed by atoms with Gasteiger partial charge in [-0.2, -0.15) is 0 Å². The molecule has 1 saturated heterocycles. The van der Waals surface area contributed by atoms with Crippen molar-refractivity contribution in [2.45, 2.75) is 4.90 Å². The first-order chi connectivity index (χ1) is 8.50. The number of hydrogen-bond acceptors (Lipinski definition) is 3. The van der Waals surface area contributed by atoms with Gasteiger partial charge in [0.05, 0.1) is 10.7 Å². The molecule has 0 amide bonds. The first-order valence-electron chi connectivity index (χ1n) is 5.53. The van der Waals surface area contributed by atoms with Gasteiger partial charge in [-0.1, -0.05) is 11.6 Å². The maximum Gasteiger partial charge on any atom is 0.190 e. The molecule has 7 heteroatoms. The van der Waals surface area contributed by atoms with Crippen LogP contribution in [0.25, 0.3) is 0 Å². The van der Waals surface area contributed by atoms with Crippen LogP contribution in [0.4, 0.5) is 5.69 Å². The van der Waals surface area contributed by atoms with E-state index in [1.165, 1.54) is 0 Å². The van der Waals surface area contributed by atoms with Crippen LogP contribution in [0.1, 0.15) is 0 Å². The number of rotatable bonds is 2. The van der Waals surface area contributed by atoms with Crippen molar-refractivity contribution in [3.05, 3.63) is 21.6 Å². The summed E-state index contributed by atoms with van der Waals surface area (Å²) in [4.78, 5) is 4.61. The number of likely N-dealkylation sites (N-methyl/N-ethyl adjacent to an activating group) is 1. The number of benzene rings is 1. The monoisotopic (exact) mass is 352 g/mol. The second kappa shape index (κ2) is 5.88. The minimum atomic E-state index is -2.09. The molecule has 1 fully saturated rings. The lowest BCUT2D eigenvalue weighted by Gasteiger charge is -2.35. The van der Waals surface area contributed by atoms with Crippen LogP contribution in [-0.4, -0.2) is 46.9 Å². The van der Waals surface area contributed by atoms with Crippen molar-refractivity contribution in [1.29, 1.82) is 0 Å². The lowest BCUT2D eigenvalue weighted by atomic mass is 10.2. The highest BCUT2D eigenvalue weighted by Gasteiger charge is 2.23. The molecule has 1 N–H and O–H groups in total. The van der Waals surface area contributed by atoms with E-state index in [-0.39, 0.29) is 4.90 Å². The standard InChI is InChI=1S/C11H14BrClN2O2S/c1-14-4-6-15(7-5-14)10-8(12)2-3-9(13)11(10)18(16)17/h2-3H,4-7H2,1H3,(H,16,17). The third kappa shape index (κ3) is 2.88. The SMILES string of the molecule is CN1CCN(c2c(Br)ccc(Cl)c2S(=O)O)CC1. The predicted molar refractivity (Wildman–Crippen MR) is 77.9 cm³/mol. The summed E-state index contributed by atoms with van der Waals surface area (Å²) in [5.41, 5.74) is 0.733. The minimum absolute atomic E-state index is 0.288. The Bertz CT molecular complexity index is 478. The highest BCUT2D eigenvalue weighted by molar-refractivity contribution is 9.10. The molecule has 2 rings (SSSR count). The van der Waals surface area contributed by atoms with Gasteiger partial charge in [0.25, 0.3) is 0 Å². The highest BCUT2D eigenvalue weighted by atomic mass is 79.9. The molecule has 0 spiro atoms. The maximum absolute atomic E-state index is 11.5. The van der Waals surface area contributed by atoms with Gasteiger partial charge in [0.2, 0.25) is 0 Å². The van der Waals surface area contributed by atoms with Gasteiger partial charge in [-0.25, -0.2) is 4.21 Å². The van der Waals surface area contributed by atoms with Crippen molar-refractivity contribution < 1.29 is 8.76 Å². The van der Waals surface area contributed by atoms with Crippen molar-refractivity contribution in [2.24, 2.45) is 0 Å². The number of anilines is 1. The Labute approximate surface area is 122 Å². The van der Waals surface area contributed by atoms with Crippen molar-refractivity contribution in [1.82, 2.24) is 4.90 Å². The molecule has 1 heterocycles. The third-order valence-electron chi connectivity index (χ3n) is 3.03. The van der Waals surface area contributed by atoms with Gasteiger partial charge in [0.1, 0.15) is 4.90 Å². The maximum atomic E-state index is 11.5. The number of halogens is 2. The van der Waals surface area contributed by atoms with Crippen molar-refractivity contribution in [2.75, 3.05) is 38.1 Å². The van der Waals surface area contributed by atoms with E-state index in [9.17, 15) is 8.76 Å². The smallest absolute Gasteiger partial charge is 0.190 e. The second-order valence-corrected chi connectivity index (χ2v) is 6.41. The molecule has 1 aliphatic rings. The van der Waals surface area contributed by atoms with E-state index in [2.05, 4.69) is 32.8 Å². The Morgan fingerprint density at radius 3 is 2.50 bits per heavy atom. The normalized spacial score (nSPS) is 19.0. The average Bonchev–Trinajstić information content (AvgIpc) is 2.32. The van der Waals surface area contributed by atoms with E-state index in [4.69, 9.17) is 11.6 Å². The van der Waals surface area contributed by atoms with E-state index >= 15 is 0 Å². The van der Waals surface area contributed by atoms with Crippen LogP contribution >= 0.6 is 27.5 Å². The average molecular weight is 354 g/mol. The molecule has 0 saturated carbocycles. The molecule has 0 aliphatic carbocycles. The molecule has 0 radical (unpaired) electrons. The van der Waals surface area contributed by atoms with Gasteiger partial charge >= 0.3 is 0 Å². The topological polar surface area (TPSA) is 43.8 Å². The highest BCUT2D eigenvalue weighted by Crippen LogP contribution is 2.37. The fourth-order valence-corrected chi connectivity index (χ4v) is 3.72. The second-order valence-electron chi connectivity index (χ2n) is 4.25. The summed E-state index contributed by atoms with van der Waals surface area (Å²) in [5.74, 6) is 0. The van der Waals surface area contributed by atoms with Crippen LogP contribution in [0, 0.1) is 0 Å². The molecule has 18 heavy (non-hydrogen) atoms. The first-order valence-corrected chi connectivity index (χ1v) is 7.81. The largest absolute Gasteiger partial charge is 0.367 e. The van der Waals surface area contributed by atoms with Crippen LogP contribution in [-0.2, 0) is 11.1 Å². The summed E-state index contributed by atoms with van der Waals surface area (Å²) in [7, 11) is 2.06. The Morgan fingerprint density at radius 2 is 1.94 bits per heavy atom. The summed E-state index contributed by atoms with van der Waals surface area (Å²) in [6.45, 7) is 3.49. The van der Waals surface area contributed by atoms with Crippen LogP contribution < -0.4 is 4.90 Å². The van der Waals surface area contributed by atoms with Gasteiger partial charge in [0, 0.05) is 30.7 Å². The summed E-state index contributed by atoms with van der Waals surface area (Å²) in [6, 6.07) is 3.45. The zero-order valence-electron chi connectivity index (χ0n) is 9.90. The van der Waals surface area contributed by atoms with Crippen molar-refractivity contribution >= 4 is 44.3 Å². The molecule has 0 bridgehead atoms. The number of nitrogens with zero attached hydrogens (tertiary/aromatic N) is 2. The first kappa shape index (κ1) is 14.3. The molecule has 1 unspecified atom stereocenters. The molecule has 1 aliphatic heterocycles. The Balaban J connectivity index is 2.42. The molecule has 100 valence electrons. The summed E-state index contributed by atoms with van der Waals surface area (Å²) in [6.07, 6.45) is 0. The zero-order valence-corrected chi connectivity index (χ0v) is 13.1. The Hall–Kier alpha value is -0.140. The van der Waals surface area contributed by atoms with Crippen LogP contribution in [0.5, 0.6) is 0 Å². The van der Waals surface area contributed by atoms with Gasteiger partial charge in [-0.3, -0.25) is 0 Å².